The minimum absolute atomic E-state index is 0.115. The van der Waals surface area contributed by atoms with Gasteiger partial charge in [-0.15, -0.1) is 0 Å². The lowest BCUT2D eigenvalue weighted by Gasteiger charge is -2.24. The second-order valence-electron chi connectivity index (χ2n) is 5.08. The van der Waals surface area contributed by atoms with Crippen LogP contribution in [0.3, 0.4) is 0 Å². The zero-order valence-electron chi connectivity index (χ0n) is 11.3. The molecule has 5 heteroatoms. The van der Waals surface area contributed by atoms with Crippen LogP contribution in [0.25, 0.3) is 0 Å². The van der Waals surface area contributed by atoms with Gasteiger partial charge in [-0.3, -0.25) is 4.21 Å². The molecule has 0 radical (unpaired) electrons. The molecule has 1 N–H and O–H groups in total. The molecule has 1 aliphatic rings. The predicted octanol–water partition coefficient (Wildman–Crippen LogP) is 3.45. The maximum absolute atomic E-state index is 11.3. The summed E-state index contributed by atoms with van der Waals surface area (Å²) in [5.41, 5.74) is 0.999. The van der Waals surface area contributed by atoms with Gasteiger partial charge >= 0.3 is 0 Å². The Labute approximate surface area is 122 Å². The molecule has 3 nitrogen and oxygen atoms in total. The Kier molecular flexibility index (Phi) is 5.11. The second kappa shape index (κ2) is 6.62. The molecule has 2 rings (SSSR count). The third kappa shape index (κ3) is 4.39. The smallest absolute Gasteiger partial charge is 0.138 e. The van der Waals surface area contributed by atoms with Crippen LogP contribution in [-0.2, 0) is 10.8 Å². The van der Waals surface area contributed by atoms with E-state index in [1.807, 2.05) is 32.0 Å². The second-order valence-corrected chi connectivity index (χ2v) is 7.18. The van der Waals surface area contributed by atoms with Crippen molar-refractivity contribution in [2.45, 2.75) is 38.8 Å². The first-order valence-electron chi connectivity index (χ1n) is 6.62. The van der Waals surface area contributed by atoms with Crippen molar-refractivity contribution >= 4 is 28.1 Å². The van der Waals surface area contributed by atoms with Crippen LogP contribution in [0, 0.1) is 0 Å². The number of hydrogen-bond acceptors (Lipinski definition) is 3. The van der Waals surface area contributed by atoms with E-state index in [9.17, 15) is 4.21 Å². The van der Waals surface area contributed by atoms with Crippen molar-refractivity contribution < 1.29 is 8.95 Å². The summed E-state index contributed by atoms with van der Waals surface area (Å²) < 4.78 is 16.9. The van der Waals surface area contributed by atoms with Gasteiger partial charge in [0.1, 0.15) is 5.75 Å². The summed E-state index contributed by atoms with van der Waals surface area (Å²) in [6.07, 6.45) is 2.02. The van der Waals surface area contributed by atoms with E-state index in [1.54, 1.807) is 0 Å². The Morgan fingerprint density at radius 1 is 1.37 bits per heavy atom. The van der Waals surface area contributed by atoms with Gasteiger partial charge in [0.05, 0.1) is 11.1 Å². The number of rotatable bonds is 4. The zero-order valence-corrected chi connectivity index (χ0v) is 12.9. The highest BCUT2D eigenvalue weighted by atomic mass is 35.5. The van der Waals surface area contributed by atoms with Gasteiger partial charge in [-0.05, 0) is 44.9 Å². The molecule has 0 unspecified atom stereocenters. The standard InChI is InChI=1S/C14H20ClNO2S/c1-10(2)18-14-4-3-12(9-13(14)15)16-11-5-7-19(17)8-6-11/h3-4,9-11,16H,5-8H2,1-2H3. The van der Waals surface area contributed by atoms with Crippen molar-refractivity contribution in [2.24, 2.45) is 0 Å². The summed E-state index contributed by atoms with van der Waals surface area (Å²) in [6.45, 7) is 3.95. The number of anilines is 1. The molecule has 106 valence electrons. The van der Waals surface area contributed by atoms with Gasteiger partial charge in [0.25, 0.3) is 0 Å². The fraction of sp³-hybridized carbons (Fsp3) is 0.571. The SMILES string of the molecule is CC(C)Oc1ccc(NC2CCS(=O)CC2)cc1Cl. The molecule has 1 saturated heterocycles. The van der Waals surface area contributed by atoms with E-state index >= 15 is 0 Å². The van der Waals surface area contributed by atoms with Gasteiger partial charge in [-0.1, -0.05) is 11.6 Å². The number of halogens is 1. The van der Waals surface area contributed by atoms with Crippen LogP contribution in [0.5, 0.6) is 5.75 Å². The van der Waals surface area contributed by atoms with Crippen molar-refractivity contribution in [3.63, 3.8) is 0 Å². The van der Waals surface area contributed by atoms with E-state index in [4.69, 9.17) is 16.3 Å². The molecular weight excluding hydrogens is 282 g/mol. The largest absolute Gasteiger partial charge is 0.489 e. The summed E-state index contributed by atoms with van der Waals surface area (Å²) in [5.74, 6) is 2.30. The van der Waals surface area contributed by atoms with Crippen molar-refractivity contribution in [1.29, 1.82) is 0 Å². The predicted molar refractivity (Wildman–Crippen MR) is 81.7 cm³/mol. The van der Waals surface area contributed by atoms with Crippen molar-refractivity contribution in [3.05, 3.63) is 23.2 Å². The van der Waals surface area contributed by atoms with Gasteiger partial charge in [0.2, 0.25) is 0 Å². The molecule has 1 aliphatic heterocycles. The third-order valence-corrected chi connectivity index (χ3v) is 4.73. The molecule has 0 aliphatic carbocycles. The minimum Gasteiger partial charge on any atom is -0.489 e. The molecular formula is C14H20ClNO2S. The van der Waals surface area contributed by atoms with Gasteiger partial charge < -0.3 is 10.1 Å². The highest BCUT2D eigenvalue weighted by Gasteiger charge is 2.17. The molecule has 1 fully saturated rings. The van der Waals surface area contributed by atoms with Crippen LogP contribution >= 0.6 is 11.6 Å². The Morgan fingerprint density at radius 2 is 2.05 bits per heavy atom. The first-order chi connectivity index (χ1) is 9.04. The van der Waals surface area contributed by atoms with Crippen LogP contribution in [0.15, 0.2) is 18.2 Å². The molecule has 19 heavy (non-hydrogen) atoms. The Morgan fingerprint density at radius 3 is 2.63 bits per heavy atom. The van der Waals surface area contributed by atoms with Crippen molar-refractivity contribution in [3.8, 4) is 5.75 Å². The molecule has 0 aromatic heterocycles. The topological polar surface area (TPSA) is 38.3 Å². The van der Waals surface area contributed by atoms with Crippen molar-refractivity contribution in [1.82, 2.24) is 0 Å². The zero-order chi connectivity index (χ0) is 13.8. The first kappa shape index (κ1) is 14.7. The molecule has 1 aromatic rings. The van der Waals surface area contributed by atoms with Crippen LogP contribution < -0.4 is 10.1 Å². The van der Waals surface area contributed by atoms with Crippen molar-refractivity contribution in [2.75, 3.05) is 16.8 Å². The Hall–Kier alpha value is -0.740. The maximum atomic E-state index is 11.3. The molecule has 0 atom stereocenters. The number of nitrogens with one attached hydrogen (secondary N) is 1. The van der Waals surface area contributed by atoms with Gasteiger partial charge in [0.15, 0.2) is 0 Å². The normalized spacial score (nSPS) is 23.4. The molecule has 0 saturated carbocycles. The quantitative estimate of drug-likeness (QED) is 0.925. The minimum atomic E-state index is -0.620. The third-order valence-electron chi connectivity index (χ3n) is 3.05. The van der Waals surface area contributed by atoms with Gasteiger partial charge in [-0.25, -0.2) is 0 Å². The summed E-state index contributed by atoms with van der Waals surface area (Å²) in [5, 5.41) is 4.07. The number of hydrogen-bond donors (Lipinski definition) is 1. The van der Waals surface area contributed by atoms with Crippen LogP contribution in [0.1, 0.15) is 26.7 Å². The van der Waals surface area contributed by atoms with Gasteiger partial charge in [-0.2, -0.15) is 0 Å². The van der Waals surface area contributed by atoms with E-state index in [2.05, 4.69) is 5.32 Å². The monoisotopic (exact) mass is 301 g/mol. The van der Waals surface area contributed by atoms with E-state index in [1.165, 1.54) is 0 Å². The van der Waals surface area contributed by atoms with E-state index in [0.717, 1.165) is 30.0 Å². The van der Waals surface area contributed by atoms with Crippen LogP contribution in [0.2, 0.25) is 5.02 Å². The highest BCUT2D eigenvalue weighted by molar-refractivity contribution is 7.85. The lowest BCUT2D eigenvalue weighted by atomic mass is 10.1. The molecule has 0 amide bonds. The molecule has 1 aromatic carbocycles. The fourth-order valence-electron chi connectivity index (χ4n) is 2.11. The summed E-state index contributed by atoms with van der Waals surface area (Å²) >= 11 is 6.20. The number of benzene rings is 1. The van der Waals surface area contributed by atoms with E-state index in [0.29, 0.717) is 16.8 Å². The Balaban J connectivity index is 1.98. The first-order valence-corrected chi connectivity index (χ1v) is 8.49. The lowest BCUT2D eigenvalue weighted by Crippen LogP contribution is -2.29. The average Bonchev–Trinajstić information content (AvgIpc) is 2.35. The lowest BCUT2D eigenvalue weighted by molar-refractivity contribution is 0.242. The van der Waals surface area contributed by atoms with Crippen LogP contribution in [-0.4, -0.2) is 27.9 Å². The van der Waals surface area contributed by atoms with E-state index < -0.39 is 10.8 Å². The van der Waals surface area contributed by atoms with Crippen LogP contribution in [0.4, 0.5) is 5.69 Å². The summed E-state index contributed by atoms with van der Waals surface area (Å²) in [7, 11) is -0.620. The maximum Gasteiger partial charge on any atom is 0.138 e. The summed E-state index contributed by atoms with van der Waals surface area (Å²) in [6, 6.07) is 6.16. The molecule has 1 heterocycles. The molecule has 0 bridgehead atoms. The average molecular weight is 302 g/mol. The highest BCUT2D eigenvalue weighted by Crippen LogP contribution is 2.29. The summed E-state index contributed by atoms with van der Waals surface area (Å²) in [4.78, 5) is 0. The van der Waals surface area contributed by atoms with E-state index in [-0.39, 0.29) is 6.10 Å². The number of ether oxygens (including phenoxy) is 1. The fourth-order valence-corrected chi connectivity index (χ4v) is 3.64. The Bertz CT molecular complexity index is 455. The molecule has 0 spiro atoms. The van der Waals surface area contributed by atoms with Gasteiger partial charge in [0, 0.05) is 34.0 Å².